The molecule has 1 aromatic rings. The zero-order valence-electron chi connectivity index (χ0n) is 11.0. The summed E-state index contributed by atoms with van der Waals surface area (Å²) in [6.45, 7) is 4.72. The predicted molar refractivity (Wildman–Crippen MR) is 76.6 cm³/mol. The highest BCUT2D eigenvalue weighted by atomic mass is 32.1. The average molecular weight is 251 g/mol. The molecule has 96 valence electrons. The molecule has 2 rings (SSSR count). The molecule has 0 spiro atoms. The van der Waals surface area contributed by atoms with Crippen molar-refractivity contribution in [3.8, 4) is 0 Å². The van der Waals surface area contributed by atoms with Gasteiger partial charge in [-0.15, -0.1) is 0 Å². The highest BCUT2D eigenvalue weighted by Gasteiger charge is 2.19. The van der Waals surface area contributed by atoms with E-state index in [1.54, 1.807) is 11.3 Å². The second-order valence-electron chi connectivity index (χ2n) is 5.38. The van der Waals surface area contributed by atoms with Crippen LogP contribution in [0.4, 0.5) is 0 Å². The molecule has 2 heteroatoms. The van der Waals surface area contributed by atoms with Crippen LogP contribution < -0.4 is 5.32 Å². The van der Waals surface area contributed by atoms with E-state index in [2.05, 4.69) is 29.1 Å². The molecule has 0 radical (unpaired) electrons. The van der Waals surface area contributed by atoms with Crippen LogP contribution in [0.25, 0.3) is 0 Å². The highest BCUT2D eigenvalue weighted by Crippen LogP contribution is 2.29. The molecule has 0 saturated heterocycles. The lowest BCUT2D eigenvalue weighted by molar-refractivity contribution is 0.263. The fourth-order valence-electron chi connectivity index (χ4n) is 2.82. The van der Waals surface area contributed by atoms with Crippen molar-refractivity contribution in [2.24, 2.45) is 11.8 Å². The van der Waals surface area contributed by atoms with Crippen molar-refractivity contribution in [3.63, 3.8) is 0 Å². The summed E-state index contributed by atoms with van der Waals surface area (Å²) in [4.78, 5) is 0. The van der Waals surface area contributed by atoms with Crippen LogP contribution in [0.15, 0.2) is 16.8 Å². The zero-order valence-corrected chi connectivity index (χ0v) is 11.8. The summed E-state index contributed by atoms with van der Waals surface area (Å²) in [7, 11) is 0. The molecule has 1 N–H and O–H groups in total. The minimum absolute atomic E-state index is 0.945. The van der Waals surface area contributed by atoms with Gasteiger partial charge in [-0.25, -0.2) is 0 Å². The second kappa shape index (κ2) is 7.17. The van der Waals surface area contributed by atoms with E-state index < -0.39 is 0 Å². The van der Waals surface area contributed by atoms with Gasteiger partial charge in [-0.05, 0) is 66.6 Å². The molecule has 1 fully saturated rings. The van der Waals surface area contributed by atoms with Gasteiger partial charge in [0.2, 0.25) is 0 Å². The molecule has 1 aromatic heterocycles. The number of hydrogen-bond acceptors (Lipinski definition) is 2. The number of nitrogens with one attached hydrogen (secondary N) is 1. The quantitative estimate of drug-likeness (QED) is 0.751. The van der Waals surface area contributed by atoms with E-state index in [-0.39, 0.29) is 0 Å². The molecule has 1 aliphatic carbocycles. The first-order valence-corrected chi connectivity index (χ1v) is 8.04. The molecule has 1 saturated carbocycles. The molecule has 17 heavy (non-hydrogen) atoms. The molecule has 0 aromatic carbocycles. The van der Waals surface area contributed by atoms with Crippen LogP contribution in [-0.2, 0) is 6.42 Å². The average Bonchev–Trinajstić information content (AvgIpc) is 2.88. The van der Waals surface area contributed by atoms with Gasteiger partial charge in [0.1, 0.15) is 0 Å². The first-order valence-electron chi connectivity index (χ1n) is 7.10. The van der Waals surface area contributed by atoms with E-state index in [1.165, 1.54) is 50.6 Å². The topological polar surface area (TPSA) is 12.0 Å². The van der Waals surface area contributed by atoms with Gasteiger partial charge in [-0.1, -0.05) is 26.2 Å². The van der Waals surface area contributed by atoms with Gasteiger partial charge in [0, 0.05) is 0 Å². The van der Waals surface area contributed by atoms with Crippen LogP contribution >= 0.6 is 11.3 Å². The Morgan fingerprint density at radius 2 is 2.00 bits per heavy atom. The van der Waals surface area contributed by atoms with E-state index in [0.29, 0.717) is 0 Å². The van der Waals surface area contributed by atoms with Crippen LogP contribution in [0, 0.1) is 11.8 Å². The highest BCUT2D eigenvalue weighted by molar-refractivity contribution is 7.07. The third-order valence-corrected chi connectivity index (χ3v) is 4.88. The van der Waals surface area contributed by atoms with Gasteiger partial charge in [-0.3, -0.25) is 0 Å². The molecule has 1 aliphatic rings. The molecule has 1 nitrogen and oxygen atoms in total. The summed E-state index contributed by atoms with van der Waals surface area (Å²) in [6.07, 6.45) is 8.40. The smallest absolute Gasteiger partial charge is 0.000794 e. The Labute approximate surface area is 110 Å². The standard InChI is InChI=1S/C15H25NS/c1-2-13-3-5-14(6-4-13)11-16-9-7-15-8-10-17-12-15/h8,10,12-14,16H,2-7,9,11H2,1H3. The Bertz CT molecular complexity index is 286. The van der Waals surface area contributed by atoms with Gasteiger partial charge < -0.3 is 5.32 Å². The maximum atomic E-state index is 3.63. The third kappa shape index (κ3) is 4.44. The molecule has 0 atom stereocenters. The van der Waals surface area contributed by atoms with Gasteiger partial charge >= 0.3 is 0 Å². The first kappa shape index (κ1) is 13.1. The van der Waals surface area contributed by atoms with E-state index in [4.69, 9.17) is 0 Å². The van der Waals surface area contributed by atoms with Crippen molar-refractivity contribution < 1.29 is 0 Å². The van der Waals surface area contributed by atoms with Gasteiger partial charge in [-0.2, -0.15) is 11.3 Å². The van der Waals surface area contributed by atoms with Crippen LogP contribution in [0.2, 0.25) is 0 Å². The fourth-order valence-corrected chi connectivity index (χ4v) is 3.52. The number of rotatable bonds is 6. The Balaban J connectivity index is 1.54. The largest absolute Gasteiger partial charge is 0.316 e. The Morgan fingerprint density at radius 1 is 1.24 bits per heavy atom. The van der Waals surface area contributed by atoms with Crippen molar-refractivity contribution in [3.05, 3.63) is 22.4 Å². The van der Waals surface area contributed by atoms with Crippen LogP contribution in [0.5, 0.6) is 0 Å². The molecule has 0 unspecified atom stereocenters. The Kier molecular flexibility index (Phi) is 5.53. The molecule has 0 aliphatic heterocycles. The van der Waals surface area contributed by atoms with Crippen molar-refractivity contribution >= 4 is 11.3 Å². The summed E-state index contributed by atoms with van der Waals surface area (Å²) in [5, 5.41) is 8.06. The summed E-state index contributed by atoms with van der Waals surface area (Å²) in [5.74, 6) is 1.97. The van der Waals surface area contributed by atoms with Crippen LogP contribution in [-0.4, -0.2) is 13.1 Å². The van der Waals surface area contributed by atoms with Crippen molar-refractivity contribution in [2.45, 2.75) is 45.4 Å². The van der Waals surface area contributed by atoms with Crippen molar-refractivity contribution in [1.29, 1.82) is 0 Å². The Morgan fingerprint density at radius 3 is 2.65 bits per heavy atom. The van der Waals surface area contributed by atoms with E-state index >= 15 is 0 Å². The summed E-state index contributed by atoms with van der Waals surface area (Å²) < 4.78 is 0. The van der Waals surface area contributed by atoms with Crippen molar-refractivity contribution in [2.75, 3.05) is 13.1 Å². The predicted octanol–water partition coefficient (Wildman–Crippen LogP) is 4.10. The van der Waals surface area contributed by atoms with Crippen LogP contribution in [0.1, 0.15) is 44.6 Å². The molecule has 0 amide bonds. The van der Waals surface area contributed by atoms with E-state index in [9.17, 15) is 0 Å². The Hall–Kier alpha value is -0.340. The van der Waals surface area contributed by atoms with Gasteiger partial charge in [0.25, 0.3) is 0 Å². The maximum Gasteiger partial charge on any atom is -0.000794 e. The van der Waals surface area contributed by atoms with Crippen LogP contribution in [0.3, 0.4) is 0 Å². The van der Waals surface area contributed by atoms with Gasteiger partial charge in [0.15, 0.2) is 0 Å². The normalized spacial score (nSPS) is 25.0. The monoisotopic (exact) mass is 251 g/mol. The fraction of sp³-hybridized carbons (Fsp3) is 0.733. The van der Waals surface area contributed by atoms with Crippen molar-refractivity contribution in [1.82, 2.24) is 5.32 Å². The lowest BCUT2D eigenvalue weighted by atomic mass is 9.81. The van der Waals surface area contributed by atoms with E-state index in [1.807, 2.05) is 0 Å². The molecular weight excluding hydrogens is 226 g/mol. The molecule has 1 heterocycles. The molecule has 0 bridgehead atoms. The SMILES string of the molecule is CCC1CCC(CNCCc2ccsc2)CC1. The van der Waals surface area contributed by atoms with Gasteiger partial charge in [0.05, 0.1) is 0 Å². The first-order chi connectivity index (χ1) is 8.38. The summed E-state index contributed by atoms with van der Waals surface area (Å²) in [5.41, 5.74) is 1.48. The minimum Gasteiger partial charge on any atom is -0.316 e. The minimum atomic E-state index is 0.945. The maximum absolute atomic E-state index is 3.63. The number of thiophene rings is 1. The second-order valence-corrected chi connectivity index (χ2v) is 6.16. The zero-order chi connectivity index (χ0) is 11.9. The summed E-state index contributed by atoms with van der Waals surface area (Å²) in [6, 6.07) is 2.23. The third-order valence-electron chi connectivity index (χ3n) is 4.15. The van der Waals surface area contributed by atoms with E-state index in [0.717, 1.165) is 18.4 Å². The number of hydrogen-bond donors (Lipinski definition) is 1. The molecular formula is C15H25NS. The lowest BCUT2D eigenvalue weighted by Gasteiger charge is -2.27. The summed E-state index contributed by atoms with van der Waals surface area (Å²) >= 11 is 1.80. The lowest BCUT2D eigenvalue weighted by Crippen LogP contribution is -2.27.